The SMILES string of the molecule is CCOC(=O)CCCCCCCN[C@@H](C)C(=O)N1[C@H](C(=O)O)C[C@@H]2CCC[C@@H]21. The Labute approximate surface area is 168 Å². The second-order valence-corrected chi connectivity index (χ2v) is 8.09. The van der Waals surface area contributed by atoms with Gasteiger partial charge in [-0.15, -0.1) is 0 Å². The molecule has 2 aliphatic rings. The third-order valence-corrected chi connectivity index (χ3v) is 6.06. The van der Waals surface area contributed by atoms with Gasteiger partial charge < -0.3 is 20.1 Å². The lowest BCUT2D eigenvalue weighted by Crippen LogP contribution is -2.52. The Kier molecular flexibility index (Phi) is 9.22. The molecule has 28 heavy (non-hydrogen) atoms. The van der Waals surface area contributed by atoms with Crippen molar-refractivity contribution in [3.63, 3.8) is 0 Å². The van der Waals surface area contributed by atoms with Crippen molar-refractivity contribution in [2.24, 2.45) is 5.92 Å². The summed E-state index contributed by atoms with van der Waals surface area (Å²) in [6.07, 6.45) is 9.07. The maximum atomic E-state index is 12.9. The standard InChI is InChI=1S/C21H36N2O5/c1-3-28-19(24)12-7-5-4-6-8-13-22-15(2)20(25)23-17-11-9-10-16(17)14-18(23)21(26)27/h15-18,22H,3-14H2,1-2H3,(H,26,27)/t15-,16-,17-,18-/m0/s1. The molecule has 0 unspecified atom stereocenters. The number of unbranched alkanes of at least 4 members (excludes halogenated alkanes) is 4. The molecule has 1 aliphatic heterocycles. The monoisotopic (exact) mass is 396 g/mol. The summed E-state index contributed by atoms with van der Waals surface area (Å²) in [6, 6.07) is -0.909. The van der Waals surface area contributed by atoms with Crippen molar-refractivity contribution < 1.29 is 24.2 Å². The zero-order valence-corrected chi connectivity index (χ0v) is 17.3. The van der Waals surface area contributed by atoms with E-state index < -0.39 is 12.0 Å². The molecule has 0 bridgehead atoms. The first-order chi connectivity index (χ1) is 13.5. The summed E-state index contributed by atoms with van der Waals surface area (Å²) in [4.78, 5) is 37.4. The molecule has 160 valence electrons. The largest absolute Gasteiger partial charge is 0.480 e. The molecule has 7 nitrogen and oxygen atoms in total. The number of ether oxygens (including phenoxy) is 1. The van der Waals surface area contributed by atoms with Crippen LogP contribution in [-0.4, -0.2) is 59.1 Å². The molecule has 2 rings (SSSR count). The molecule has 0 radical (unpaired) electrons. The quantitative estimate of drug-likeness (QED) is 0.389. The van der Waals surface area contributed by atoms with Crippen LogP contribution in [0.5, 0.6) is 0 Å². The third kappa shape index (κ3) is 6.19. The minimum absolute atomic E-state index is 0.0729. The molecular weight excluding hydrogens is 360 g/mol. The van der Waals surface area contributed by atoms with E-state index in [1.165, 1.54) is 0 Å². The molecule has 1 saturated carbocycles. The van der Waals surface area contributed by atoms with Gasteiger partial charge in [0.05, 0.1) is 12.6 Å². The molecule has 1 aliphatic carbocycles. The normalized spacial score (nSPS) is 24.8. The number of carbonyl (C=O) groups excluding carboxylic acids is 2. The fourth-order valence-electron chi connectivity index (χ4n) is 4.61. The molecule has 7 heteroatoms. The molecule has 0 spiro atoms. The summed E-state index contributed by atoms with van der Waals surface area (Å²) in [5, 5.41) is 12.8. The number of rotatable bonds is 12. The van der Waals surface area contributed by atoms with E-state index in [-0.39, 0.29) is 24.0 Å². The predicted octanol–water partition coefficient (Wildman–Crippen LogP) is 2.72. The molecule has 1 saturated heterocycles. The van der Waals surface area contributed by atoms with E-state index in [1.807, 2.05) is 13.8 Å². The first kappa shape index (κ1) is 22.7. The average Bonchev–Trinajstić information content (AvgIpc) is 3.24. The van der Waals surface area contributed by atoms with E-state index in [9.17, 15) is 19.5 Å². The Morgan fingerprint density at radius 1 is 1.14 bits per heavy atom. The Balaban J connectivity index is 1.63. The molecule has 0 aromatic carbocycles. The number of carboxylic acids is 1. The van der Waals surface area contributed by atoms with Crippen LogP contribution in [0.3, 0.4) is 0 Å². The van der Waals surface area contributed by atoms with Gasteiger partial charge in [-0.2, -0.15) is 0 Å². The Bertz CT molecular complexity index is 539. The number of amides is 1. The number of carbonyl (C=O) groups is 3. The van der Waals surface area contributed by atoms with Crippen molar-refractivity contribution in [2.45, 2.75) is 96.2 Å². The first-order valence-electron chi connectivity index (χ1n) is 10.9. The fraction of sp³-hybridized carbons (Fsp3) is 0.857. The molecule has 1 heterocycles. The molecule has 0 aromatic rings. The minimum atomic E-state index is -0.877. The Hall–Kier alpha value is -1.63. The van der Waals surface area contributed by atoms with Gasteiger partial charge in [0.2, 0.25) is 5.91 Å². The van der Waals surface area contributed by atoms with Crippen molar-refractivity contribution in [2.75, 3.05) is 13.2 Å². The number of hydrogen-bond donors (Lipinski definition) is 2. The highest BCUT2D eigenvalue weighted by Gasteiger charge is 2.49. The summed E-state index contributed by atoms with van der Waals surface area (Å²) in [5.74, 6) is -0.719. The summed E-state index contributed by atoms with van der Waals surface area (Å²) < 4.78 is 4.90. The van der Waals surface area contributed by atoms with E-state index in [2.05, 4.69) is 5.32 Å². The fourth-order valence-corrected chi connectivity index (χ4v) is 4.61. The first-order valence-corrected chi connectivity index (χ1v) is 10.9. The Morgan fingerprint density at radius 3 is 2.57 bits per heavy atom. The summed E-state index contributed by atoms with van der Waals surface area (Å²) in [5.41, 5.74) is 0. The highest BCUT2D eigenvalue weighted by Crippen LogP contribution is 2.41. The lowest BCUT2D eigenvalue weighted by atomic mass is 10.0. The van der Waals surface area contributed by atoms with E-state index >= 15 is 0 Å². The van der Waals surface area contributed by atoms with E-state index in [1.54, 1.807) is 4.90 Å². The highest BCUT2D eigenvalue weighted by molar-refractivity contribution is 5.87. The van der Waals surface area contributed by atoms with Crippen molar-refractivity contribution in [1.82, 2.24) is 10.2 Å². The van der Waals surface area contributed by atoms with Gasteiger partial charge in [0.15, 0.2) is 0 Å². The Morgan fingerprint density at radius 2 is 1.86 bits per heavy atom. The molecular formula is C21H36N2O5. The van der Waals surface area contributed by atoms with Crippen LogP contribution in [-0.2, 0) is 19.1 Å². The van der Waals surface area contributed by atoms with Gasteiger partial charge in [0.25, 0.3) is 0 Å². The lowest BCUT2D eigenvalue weighted by Gasteiger charge is -2.30. The molecule has 0 aromatic heterocycles. The lowest BCUT2D eigenvalue weighted by molar-refractivity contribution is -0.150. The summed E-state index contributed by atoms with van der Waals surface area (Å²) >= 11 is 0. The minimum Gasteiger partial charge on any atom is -0.480 e. The van der Waals surface area contributed by atoms with Crippen LogP contribution in [0.1, 0.15) is 78.1 Å². The molecule has 2 N–H and O–H groups in total. The van der Waals surface area contributed by atoms with E-state index in [0.29, 0.717) is 25.4 Å². The van der Waals surface area contributed by atoms with Crippen LogP contribution < -0.4 is 5.32 Å². The highest BCUT2D eigenvalue weighted by atomic mass is 16.5. The van der Waals surface area contributed by atoms with Crippen LogP contribution in [0.25, 0.3) is 0 Å². The predicted molar refractivity (Wildman–Crippen MR) is 106 cm³/mol. The van der Waals surface area contributed by atoms with Gasteiger partial charge in [-0.3, -0.25) is 9.59 Å². The summed E-state index contributed by atoms with van der Waals surface area (Å²) in [6.45, 7) is 4.83. The maximum absolute atomic E-state index is 12.9. The van der Waals surface area contributed by atoms with Crippen LogP contribution in [0.4, 0.5) is 0 Å². The number of hydrogen-bond acceptors (Lipinski definition) is 5. The van der Waals surface area contributed by atoms with E-state index in [0.717, 1.165) is 57.9 Å². The molecule has 2 fully saturated rings. The van der Waals surface area contributed by atoms with Crippen LogP contribution >= 0.6 is 0 Å². The second-order valence-electron chi connectivity index (χ2n) is 8.09. The molecule has 4 atom stereocenters. The van der Waals surface area contributed by atoms with Crippen LogP contribution in [0.15, 0.2) is 0 Å². The average molecular weight is 397 g/mol. The van der Waals surface area contributed by atoms with Gasteiger partial charge in [-0.25, -0.2) is 4.79 Å². The zero-order chi connectivity index (χ0) is 20.5. The third-order valence-electron chi connectivity index (χ3n) is 6.06. The van der Waals surface area contributed by atoms with Crippen molar-refractivity contribution in [3.8, 4) is 0 Å². The topological polar surface area (TPSA) is 95.9 Å². The molecule has 1 amide bonds. The number of likely N-dealkylation sites (tertiary alicyclic amines) is 1. The van der Waals surface area contributed by atoms with Crippen LogP contribution in [0.2, 0.25) is 0 Å². The van der Waals surface area contributed by atoms with E-state index in [4.69, 9.17) is 4.74 Å². The van der Waals surface area contributed by atoms with Crippen molar-refractivity contribution in [3.05, 3.63) is 0 Å². The number of fused-ring (bicyclic) bond motifs is 1. The van der Waals surface area contributed by atoms with Crippen molar-refractivity contribution >= 4 is 17.8 Å². The number of esters is 1. The van der Waals surface area contributed by atoms with Gasteiger partial charge >= 0.3 is 11.9 Å². The van der Waals surface area contributed by atoms with Gasteiger partial charge in [0, 0.05) is 12.5 Å². The van der Waals surface area contributed by atoms with Gasteiger partial charge in [0.1, 0.15) is 6.04 Å². The number of carboxylic acid groups (broad SMARTS) is 1. The van der Waals surface area contributed by atoms with Gasteiger partial charge in [-0.05, 0) is 58.4 Å². The van der Waals surface area contributed by atoms with Gasteiger partial charge in [-0.1, -0.05) is 25.7 Å². The smallest absolute Gasteiger partial charge is 0.326 e. The summed E-state index contributed by atoms with van der Waals surface area (Å²) in [7, 11) is 0. The van der Waals surface area contributed by atoms with Crippen LogP contribution in [0, 0.1) is 5.92 Å². The number of aliphatic carboxylic acids is 1. The number of nitrogens with zero attached hydrogens (tertiary/aromatic N) is 1. The second kappa shape index (κ2) is 11.4. The van der Waals surface area contributed by atoms with Crippen molar-refractivity contribution in [1.29, 1.82) is 0 Å². The number of nitrogens with one attached hydrogen (secondary N) is 1. The maximum Gasteiger partial charge on any atom is 0.326 e. The zero-order valence-electron chi connectivity index (χ0n) is 17.3.